The molecule has 1 aliphatic heterocycles. The summed E-state index contributed by atoms with van der Waals surface area (Å²) in [4.78, 5) is 39.7. The molecule has 174 valence electrons. The quantitative estimate of drug-likeness (QED) is 0.224. The second-order valence-electron chi connectivity index (χ2n) is 7.15. The molecule has 1 rings (SSSR count). The first-order chi connectivity index (χ1) is 14.2. The molecule has 0 aromatic heterocycles. The van der Waals surface area contributed by atoms with E-state index >= 15 is 0 Å². The highest BCUT2D eigenvalue weighted by Gasteiger charge is 2.27. The van der Waals surface area contributed by atoms with Crippen molar-refractivity contribution in [3.63, 3.8) is 0 Å². The average Bonchev–Trinajstić information content (AvgIpc) is 2.66. The van der Waals surface area contributed by atoms with E-state index in [2.05, 4.69) is 0 Å². The summed E-state index contributed by atoms with van der Waals surface area (Å²) in [5.74, 6) is -2.14. The van der Waals surface area contributed by atoms with E-state index in [-0.39, 0.29) is 65.4 Å². The lowest BCUT2D eigenvalue weighted by Crippen LogP contribution is -2.54. The van der Waals surface area contributed by atoms with Crippen LogP contribution in [0.25, 0.3) is 0 Å². The molecule has 1 heterocycles. The molecule has 0 aromatic rings. The molecule has 0 spiro atoms. The van der Waals surface area contributed by atoms with Gasteiger partial charge in [-0.05, 0) is 0 Å². The van der Waals surface area contributed by atoms with E-state index in [1.165, 1.54) is 0 Å². The number of nitrogens with zero attached hydrogens (tertiary/aromatic N) is 4. The zero-order chi connectivity index (χ0) is 22.7. The molecule has 0 aromatic carbocycles. The average molecular weight is 436 g/mol. The van der Waals surface area contributed by atoms with E-state index in [1.54, 1.807) is 14.7 Å². The first-order valence-electron chi connectivity index (χ1n) is 9.67. The maximum atomic E-state index is 11.5. The maximum Gasteiger partial charge on any atom is 0.407 e. The van der Waals surface area contributed by atoms with Crippen LogP contribution in [0.1, 0.15) is 0 Å². The van der Waals surface area contributed by atoms with Gasteiger partial charge in [-0.1, -0.05) is 0 Å². The number of rotatable bonds is 8. The molecule has 0 saturated carbocycles. The van der Waals surface area contributed by atoms with Gasteiger partial charge in [-0.2, -0.15) is 0 Å². The summed E-state index contributed by atoms with van der Waals surface area (Å²) < 4.78 is 0. The number of amides is 1. The molecule has 13 nitrogen and oxygen atoms in total. The molecule has 1 unspecified atom stereocenters. The predicted octanol–water partition coefficient (Wildman–Crippen LogP) is -3.23. The van der Waals surface area contributed by atoms with Gasteiger partial charge in [0, 0.05) is 52.4 Å². The van der Waals surface area contributed by atoms with Gasteiger partial charge in [0.1, 0.15) is 0 Å². The summed E-state index contributed by atoms with van der Waals surface area (Å²) in [7, 11) is 0. The van der Waals surface area contributed by atoms with Gasteiger partial charge in [-0.3, -0.25) is 24.3 Å². The summed E-state index contributed by atoms with van der Waals surface area (Å²) in [5.41, 5.74) is 0. The topological polar surface area (TPSA) is 186 Å². The van der Waals surface area contributed by atoms with Crippen LogP contribution in [0.5, 0.6) is 0 Å². The minimum absolute atomic E-state index is 0.0478. The molecule has 6 N–H and O–H groups in total. The fraction of sp³-hybridized carbons (Fsp3) is 0.824. The highest BCUT2D eigenvalue weighted by Crippen LogP contribution is 2.08. The van der Waals surface area contributed by atoms with Gasteiger partial charge in [0.05, 0.1) is 38.4 Å². The van der Waals surface area contributed by atoms with E-state index < -0.39 is 43.4 Å². The van der Waals surface area contributed by atoms with E-state index in [4.69, 9.17) is 10.2 Å². The lowest BCUT2D eigenvalue weighted by atomic mass is 10.1. The van der Waals surface area contributed by atoms with Crippen molar-refractivity contribution >= 4 is 18.0 Å². The van der Waals surface area contributed by atoms with Crippen molar-refractivity contribution in [1.29, 1.82) is 0 Å². The highest BCUT2D eigenvalue weighted by molar-refractivity contribution is 5.69. The molecule has 1 aliphatic rings. The second-order valence-corrected chi connectivity index (χ2v) is 7.15. The van der Waals surface area contributed by atoms with Crippen LogP contribution < -0.4 is 0 Å². The number of carboxylic acid groups (broad SMARTS) is 3. The summed E-state index contributed by atoms with van der Waals surface area (Å²) in [6, 6.07) is -0.813. The van der Waals surface area contributed by atoms with Crippen LogP contribution in [-0.2, 0) is 9.59 Å². The Kier molecular flexibility index (Phi) is 11.5. The molecule has 13 heteroatoms. The SMILES string of the molecule is O=C(O)CN1CCN(C(=O)O)CCN(CC(=O)O)CCN(C(CO)[C@@H](O)CO)CC1. The molecule has 1 amide bonds. The van der Waals surface area contributed by atoms with Gasteiger partial charge in [0.25, 0.3) is 0 Å². The van der Waals surface area contributed by atoms with E-state index in [1.807, 2.05) is 0 Å². The molecule has 1 fully saturated rings. The smallest absolute Gasteiger partial charge is 0.407 e. The fourth-order valence-electron chi connectivity index (χ4n) is 3.34. The Morgan fingerprint density at radius 3 is 1.47 bits per heavy atom. The predicted molar refractivity (Wildman–Crippen MR) is 103 cm³/mol. The van der Waals surface area contributed by atoms with Crippen molar-refractivity contribution in [3.8, 4) is 0 Å². The zero-order valence-corrected chi connectivity index (χ0v) is 16.8. The number of carbonyl (C=O) groups is 3. The zero-order valence-electron chi connectivity index (χ0n) is 16.8. The summed E-state index contributed by atoms with van der Waals surface area (Å²) in [6.07, 6.45) is -2.41. The maximum absolute atomic E-state index is 11.5. The molecule has 0 radical (unpaired) electrons. The first kappa shape index (κ1) is 26.0. The summed E-state index contributed by atoms with van der Waals surface area (Å²) in [5, 5.41) is 56.7. The molecule has 2 atom stereocenters. The van der Waals surface area contributed by atoms with Gasteiger partial charge >= 0.3 is 18.0 Å². The Labute approximate surface area is 174 Å². The highest BCUT2D eigenvalue weighted by atomic mass is 16.4. The Morgan fingerprint density at radius 2 is 1.13 bits per heavy atom. The van der Waals surface area contributed by atoms with Crippen molar-refractivity contribution in [2.24, 2.45) is 0 Å². The largest absolute Gasteiger partial charge is 0.480 e. The number of hydrogen-bond donors (Lipinski definition) is 6. The van der Waals surface area contributed by atoms with Crippen molar-refractivity contribution in [1.82, 2.24) is 19.6 Å². The van der Waals surface area contributed by atoms with Crippen LogP contribution in [0, 0.1) is 0 Å². The van der Waals surface area contributed by atoms with E-state index in [0.717, 1.165) is 4.90 Å². The van der Waals surface area contributed by atoms with Crippen molar-refractivity contribution < 1.29 is 45.0 Å². The van der Waals surface area contributed by atoms with Gasteiger partial charge in [0.15, 0.2) is 0 Å². The first-order valence-corrected chi connectivity index (χ1v) is 9.67. The summed E-state index contributed by atoms with van der Waals surface area (Å²) in [6.45, 7) is -0.363. The Morgan fingerprint density at radius 1 is 0.700 bits per heavy atom. The van der Waals surface area contributed by atoms with Crippen molar-refractivity contribution in [2.75, 3.05) is 78.7 Å². The molecule has 0 bridgehead atoms. The van der Waals surface area contributed by atoms with Gasteiger partial charge in [0.2, 0.25) is 0 Å². The van der Waals surface area contributed by atoms with Crippen LogP contribution >= 0.6 is 0 Å². The number of hydrogen-bond acceptors (Lipinski definition) is 9. The van der Waals surface area contributed by atoms with Crippen LogP contribution in [-0.4, -0.2) is 159 Å². The number of aliphatic carboxylic acids is 2. The van der Waals surface area contributed by atoms with Crippen LogP contribution in [0.4, 0.5) is 4.79 Å². The number of aliphatic hydroxyl groups is 3. The monoisotopic (exact) mass is 436 g/mol. The number of carboxylic acids is 2. The minimum atomic E-state index is -1.23. The third-order valence-corrected chi connectivity index (χ3v) is 5.05. The van der Waals surface area contributed by atoms with Crippen LogP contribution in [0.2, 0.25) is 0 Å². The van der Waals surface area contributed by atoms with Gasteiger partial charge in [-0.15, -0.1) is 0 Å². The molecule has 30 heavy (non-hydrogen) atoms. The minimum Gasteiger partial charge on any atom is -0.480 e. The molecular formula is C17H32N4O9. The lowest BCUT2D eigenvalue weighted by Gasteiger charge is -2.37. The Balaban J connectivity index is 3.05. The van der Waals surface area contributed by atoms with E-state index in [0.29, 0.717) is 0 Å². The fourth-order valence-corrected chi connectivity index (χ4v) is 3.34. The van der Waals surface area contributed by atoms with E-state index in [9.17, 15) is 34.8 Å². The van der Waals surface area contributed by atoms with Crippen molar-refractivity contribution in [3.05, 3.63) is 0 Å². The number of aliphatic hydroxyl groups excluding tert-OH is 3. The normalized spacial score (nSPS) is 20.7. The molecule has 0 aliphatic carbocycles. The second kappa shape index (κ2) is 13.3. The van der Waals surface area contributed by atoms with Crippen molar-refractivity contribution in [2.45, 2.75) is 12.1 Å². The molecule has 1 saturated heterocycles. The van der Waals surface area contributed by atoms with Crippen LogP contribution in [0.15, 0.2) is 0 Å². The van der Waals surface area contributed by atoms with Gasteiger partial charge < -0.3 is 35.5 Å². The Bertz CT molecular complexity index is 533. The van der Waals surface area contributed by atoms with Crippen LogP contribution in [0.3, 0.4) is 0 Å². The summed E-state index contributed by atoms with van der Waals surface area (Å²) >= 11 is 0. The van der Waals surface area contributed by atoms with Gasteiger partial charge in [-0.25, -0.2) is 4.79 Å². The third-order valence-electron chi connectivity index (χ3n) is 5.05. The lowest BCUT2D eigenvalue weighted by molar-refractivity contribution is -0.139. The Hall–Kier alpha value is -2.03. The standard InChI is InChI=1S/C17H32N4O9/c22-11-13(14(24)12-23)20-5-1-18(9-15(25)26)3-7-21(17(29)30)8-4-19(2-6-20)10-16(27)28/h13-14,22-24H,1-12H2,(H,25,26)(H,27,28)(H,29,30)/t13?,14-/m0/s1. The molecular weight excluding hydrogens is 404 g/mol. The third kappa shape index (κ3) is 9.19.